The van der Waals surface area contributed by atoms with Gasteiger partial charge in [0.2, 0.25) is 5.91 Å². The first-order valence-electron chi connectivity index (χ1n) is 5.63. The summed E-state index contributed by atoms with van der Waals surface area (Å²) in [6.07, 6.45) is 2.95. The van der Waals surface area contributed by atoms with E-state index in [1.807, 2.05) is 11.4 Å². The summed E-state index contributed by atoms with van der Waals surface area (Å²) in [4.78, 5) is 24.2. The number of carbonyl (C=O) groups is 2. The molecule has 1 aliphatic rings. The van der Waals surface area contributed by atoms with Crippen molar-refractivity contribution in [1.82, 2.24) is 5.32 Å². The molecule has 2 rings (SSSR count). The van der Waals surface area contributed by atoms with Gasteiger partial charge >= 0.3 is 5.97 Å². The molecule has 92 valence electrons. The Hall–Kier alpha value is -1.36. The van der Waals surface area contributed by atoms with Gasteiger partial charge in [0.1, 0.15) is 6.54 Å². The van der Waals surface area contributed by atoms with Gasteiger partial charge in [-0.2, -0.15) is 0 Å². The molecular formula is C12H15NO3S. The molecule has 1 atom stereocenters. The van der Waals surface area contributed by atoms with E-state index in [9.17, 15) is 9.59 Å². The van der Waals surface area contributed by atoms with Crippen LogP contribution in [0, 0.1) is 0 Å². The number of thiophene rings is 1. The quantitative estimate of drug-likeness (QED) is 0.830. The summed E-state index contributed by atoms with van der Waals surface area (Å²) in [5.74, 6) is -0.593. The van der Waals surface area contributed by atoms with Crippen molar-refractivity contribution in [2.45, 2.75) is 25.2 Å². The summed E-state index contributed by atoms with van der Waals surface area (Å²) >= 11 is 1.70. The average Bonchev–Trinajstić information content (AvgIpc) is 2.83. The van der Waals surface area contributed by atoms with Gasteiger partial charge in [0, 0.05) is 4.88 Å². The number of carbonyl (C=O) groups excluding carboxylic acids is 2. The third-order valence-corrected chi connectivity index (χ3v) is 4.00. The Morgan fingerprint density at radius 1 is 1.59 bits per heavy atom. The molecule has 0 saturated heterocycles. The summed E-state index contributed by atoms with van der Waals surface area (Å²) in [5, 5.41) is 4.65. The lowest BCUT2D eigenvalue weighted by Gasteiger charge is -2.21. The first-order chi connectivity index (χ1) is 8.22. The van der Waals surface area contributed by atoms with Crippen LogP contribution in [0.2, 0.25) is 0 Å². The zero-order chi connectivity index (χ0) is 12.3. The number of ether oxygens (including phenoxy) is 1. The fourth-order valence-electron chi connectivity index (χ4n) is 2.11. The van der Waals surface area contributed by atoms with E-state index in [-0.39, 0.29) is 18.4 Å². The molecule has 1 unspecified atom stereocenters. The second-order valence-corrected chi connectivity index (χ2v) is 5.04. The van der Waals surface area contributed by atoms with E-state index in [2.05, 4.69) is 10.1 Å². The molecule has 0 spiro atoms. The monoisotopic (exact) mass is 253 g/mol. The highest BCUT2D eigenvalue weighted by molar-refractivity contribution is 7.10. The maximum Gasteiger partial charge on any atom is 0.325 e. The van der Waals surface area contributed by atoms with Crippen LogP contribution in [0.25, 0.3) is 0 Å². The molecule has 0 radical (unpaired) electrons. The Kier molecular flexibility index (Phi) is 3.78. The predicted octanol–water partition coefficient (Wildman–Crippen LogP) is 1.46. The van der Waals surface area contributed by atoms with Crippen LogP contribution in [0.1, 0.15) is 29.2 Å². The molecule has 4 nitrogen and oxygen atoms in total. The van der Waals surface area contributed by atoms with Crippen molar-refractivity contribution >= 4 is 23.2 Å². The highest BCUT2D eigenvalue weighted by atomic mass is 32.1. The Labute approximate surface area is 104 Å². The van der Waals surface area contributed by atoms with Crippen molar-refractivity contribution in [3.05, 3.63) is 21.9 Å². The van der Waals surface area contributed by atoms with E-state index in [0.29, 0.717) is 0 Å². The summed E-state index contributed by atoms with van der Waals surface area (Å²) in [6.45, 7) is -0.0503. The summed E-state index contributed by atoms with van der Waals surface area (Å²) < 4.78 is 4.49. The van der Waals surface area contributed by atoms with Crippen molar-refractivity contribution in [1.29, 1.82) is 0 Å². The van der Waals surface area contributed by atoms with Crippen molar-refractivity contribution < 1.29 is 14.3 Å². The fraction of sp³-hybridized carbons (Fsp3) is 0.500. The van der Waals surface area contributed by atoms with Crippen molar-refractivity contribution in [3.8, 4) is 0 Å². The van der Waals surface area contributed by atoms with Gasteiger partial charge in [-0.1, -0.05) is 0 Å². The standard InChI is InChI=1S/C12H15NO3S/c1-16-11(14)7-13-12(15)9-3-2-4-10-8(9)5-6-17-10/h5-6,9H,2-4,7H2,1H3,(H,13,15). The number of aryl methyl sites for hydroxylation is 1. The number of hydrogen-bond donors (Lipinski definition) is 1. The minimum atomic E-state index is -0.417. The highest BCUT2D eigenvalue weighted by Gasteiger charge is 2.27. The summed E-state index contributed by atoms with van der Waals surface area (Å²) in [7, 11) is 1.31. The second kappa shape index (κ2) is 5.31. The van der Waals surface area contributed by atoms with Gasteiger partial charge in [0.05, 0.1) is 13.0 Å². The number of rotatable bonds is 3. The van der Waals surface area contributed by atoms with E-state index in [1.165, 1.54) is 12.0 Å². The summed E-state index contributed by atoms with van der Waals surface area (Å²) in [5.41, 5.74) is 1.13. The second-order valence-electron chi connectivity index (χ2n) is 4.04. The molecular weight excluding hydrogens is 238 g/mol. The molecule has 17 heavy (non-hydrogen) atoms. The third kappa shape index (κ3) is 2.66. The molecule has 5 heteroatoms. The summed E-state index contributed by atoms with van der Waals surface area (Å²) in [6, 6.07) is 2.02. The van der Waals surface area contributed by atoms with E-state index in [1.54, 1.807) is 11.3 Å². The van der Waals surface area contributed by atoms with Gasteiger partial charge in [-0.25, -0.2) is 0 Å². The normalized spacial score (nSPS) is 18.3. The third-order valence-electron chi connectivity index (χ3n) is 3.00. The molecule has 1 aromatic heterocycles. The van der Waals surface area contributed by atoms with Gasteiger partial charge < -0.3 is 10.1 Å². The molecule has 1 aliphatic carbocycles. The smallest absolute Gasteiger partial charge is 0.325 e. The molecule has 0 fully saturated rings. The zero-order valence-corrected chi connectivity index (χ0v) is 10.5. The van der Waals surface area contributed by atoms with Crippen LogP contribution < -0.4 is 5.32 Å². The minimum absolute atomic E-state index is 0.0503. The van der Waals surface area contributed by atoms with Crippen molar-refractivity contribution in [3.63, 3.8) is 0 Å². The van der Waals surface area contributed by atoms with E-state index in [4.69, 9.17) is 0 Å². The van der Waals surface area contributed by atoms with E-state index in [0.717, 1.165) is 24.8 Å². The van der Waals surface area contributed by atoms with Gasteiger partial charge in [-0.15, -0.1) is 11.3 Å². The Bertz CT molecular complexity index is 427. The van der Waals surface area contributed by atoms with Gasteiger partial charge in [0.15, 0.2) is 0 Å². The molecule has 0 aliphatic heterocycles. The Balaban J connectivity index is 2.00. The molecule has 1 heterocycles. The number of hydrogen-bond acceptors (Lipinski definition) is 4. The van der Waals surface area contributed by atoms with Crippen LogP contribution in [-0.2, 0) is 20.7 Å². The van der Waals surface area contributed by atoms with Gasteiger partial charge in [-0.05, 0) is 36.3 Å². The maximum absolute atomic E-state index is 12.0. The van der Waals surface area contributed by atoms with Crippen LogP contribution in [0.5, 0.6) is 0 Å². The van der Waals surface area contributed by atoms with Crippen LogP contribution in [-0.4, -0.2) is 25.5 Å². The number of nitrogens with one attached hydrogen (secondary N) is 1. The number of fused-ring (bicyclic) bond motifs is 1. The largest absolute Gasteiger partial charge is 0.468 e. The fourth-order valence-corrected chi connectivity index (χ4v) is 3.10. The van der Waals surface area contributed by atoms with Crippen molar-refractivity contribution in [2.75, 3.05) is 13.7 Å². The predicted molar refractivity (Wildman–Crippen MR) is 65.0 cm³/mol. The van der Waals surface area contributed by atoms with Crippen LogP contribution in [0.4, 0.5) is 0 Å². The lowest BCUT2D eigenvalue weighted by Crippen LogP contribution is -2.35. The number of methoxy groups -OCH3 is 1. The SMILES string of the molecule is COC(=O)CNC(=O)C1CCCc2sccc21. The lowest BCUT2D eigenvalue weighted by molar-refractivity contribution is -0.141. The average molecular weight is 253 g/mol. The topological polar surface area (TPSA) is 55.4 Å². The van der Waals surface area contributed by atoms with E-state index < -0.39 is 5.97 Å². The molecule has 1 amide bonds. The van der Waals surface area contributed by atoms with E-state index >= 15 is 0 Å². The zero-order valence-electron chi connectivity index (χ0n) is 9.69. The van der Waals surface area contributed by atoms with Gasteiger partial charge in [0.25, 0.3) is 0 Å². The van der Waals surface area contributed by atoms with Crippen LogP contribution in [0.15, 0.2) is 11.4 Å². The molecule has 0 aromatic carbocycles. The molecule has 1 N–H and O–H groups in total. The maximum atomic E-state index is 12.0. The molecule has 1 aromatic rings. The highest BCUT2D eigenvalue weighted by Crippen LogP contribution is 2.34. The number of amides is 1. The van der Waals surface area contributed by atoms with Crippen LogP contribution >= 0.6 is 11.3 Å². The first kappa shape index (κ1) is 12.1. The van der Waals surface area contributed by atoms with Gasteiger partial charge in [-0.3, -0.25) is 9.59 Å². The minimum Gasteiger partial charge on any atom is -0.468 e. The first-order valence-corrected chi connectivity index (χ1v) is 6.51. The molecule has 0 saturated carbocycles. The lowest BCUT2D eigenvalue weighted by atomic mass is 9.87. The number of esters is 1. The molecule has 0 bridgehead atoms. The Morgan fingerprint density at radius 2 is 2.41 bits per heavy atom. The van der Waals surface area contributed by atoms with Crippen LogP contribution in [0.3, 0.4) is 0 Å². The Morgan fingerprint density at radius 3 is 3.18 bits per heavy atom. The van der Waals surface area contributed by atoms with Crippen molar-refractivity contribution in [2.24, 2.45) is 0 Å².